The van der Waals surface area contributed by atoms with Crippen LogP contribution in [0, 0.1) is 0 Å². The van der Waals surface area contributed by atoms with Crippen LogP contribution in [0.25, 0.3) is 122 Å². The minimum absolute atomic E-state index is 0.516. The molecule has 0 atom stereocenters. The molecule has 0 unspecified atom stereocenters. The average Bonchev–Trinajstić information content (AvgIpc) is 3.70. The molecule has 0 spiro atoms. The van der Waals surface area contributed by atoms with E-state index >= 15 is 0 Å². The Kier molecular flexibility index (Phi) is 10.8. The summed E-state index contributed by atoms with van der Waals surface area (Å²) in [7, 11) is 0. The summed E-state index contributed by atoms with van der Waals surface area (Å²) in [6.07, 6.45) is 0. The average molecular weight is 1030 g/mol. The second kappa shape index (κ2) is 18.8. The van der Waals surface area contributed by atoms with Crippen LogP contribution in [-0.2, 0) is 5.41 Å². The minimum Gasteiger partial charge on any atom is -0.309 e. The monoisotopic (exact) mass is 1030 g/mol. The van der Waals surface area contributed by atoms with Crippen molar-refractivity contribution in [3.63, 3.8) is 0 Å². The lowest BCUT2D eigenvalue weighted by Crippen LogP contribution is -2.28. The highest BCUT2D eigenvalue weighted by atomic mass is 15.0. The van der Waals surface area contributed by atoms with Crippen molar-refractivity contribution < 1.29 is 0 Å². The smallest absolute Gasteiger partial charge is 0.0713 e. The Bertz CT molecular complexity index is 4860. The molecule has 15 aromatic rings. The standard InChI is InChI=1S/C79H52N2/c1-3-18-53(19-4-1)55-40-44-65(45-41-55)80-75-34-13-9-30-69(75)71-51-61(42-46-77(71)80)62-43-47-78-72(52-62)70-31-10-14-35-76(70)81(78)66-27-17-24-60(50-66)57-38-36-56(37-39-57)59-23-16-26-64(49-59)79(63-25-15-22-58(48-63)54-20-5-2-6-21-54)73-32-11-7-28-67(73)68-29-8-12-33-74(68)79/h1-52H. The Morgan fingerprint density at radius 2 is 0.543 bits per heavy atom. The highest BCUT2D eigenvalue weighted by Crippen LogP contribution is 2.57. The highest BCUT2D eigenvalue weighted by Gasteiger charge is 2.46. The van der Waals surface area contributed by atoms with Crippen LogP contribution in [0.15, 0.2) is 315 Å². The normalized spacial score (nSPS) is 12.5. The van der Waals surface area contributed by atoms with Gasteiger partial charge >= 0.3 is 0 Å². The van der Waals surface area contributed by atoms with Gasteiger partial charge in [-0.15, -0.1) is 0 Å². The quantitative estimate of drug-likeness (QED) is 0.136. The first-order valence-corrected chi connectivity index (χ1v) is 28.1. The van der Waals surface area contributed by atoms with Crippen LogP contribution in [0.4, 0.5) is 0 Å². The molecule has 0 saturated heterocycles. The Labute approximate surface area is 471 Å². The molecule has 0 radical (unpaired) electrons. The lowest BCUT2D eigenvalue weighted by atomic mass is 9.67. The lowest BCUT2D eigenvalue weighted by Gasteiger charge is -2.34. The van der Waals surface area contributed by atoms with E-state index in [-0.39, 0.29) is 0 Å². The van der Waals surface area contributed by atoms with Gasteiger partial charge in [0.05, 0.1) is 27.5 Å². The third-order valence-corrected chi connectivity index (χ3v) is 17.2. The molecular formula is C79H52N2. The molecule has 0 aliphatic heterocycles. The number of aromatic nitrogens is 2. The van der Waals surface area contributed by atoms with E-state index in [4.69, 9.17) is 0 Å². The molecule has 0 saturated carbocycles. The highest BCUT2D eigenvalue weighted by molar-refractivity contribution is 6.13. The van der Waals surface area contributed by atoms with Crippen LogP contribution in [0.5, 0.6) is 0 Å². The van der Waals surface area contributed by atoms with Crippen molar-refractivity contribution in [2.75, 3.05) is 0 Å². The van der Waals surface area contributed by atoms with Crippen LogP contribution in [0.2, 0.25) is 0 Å². The van der Waals surface area contributed by atoms with Crippen LogP contribution < -0.4 is 0 Å². The second-order valence-electron chi connectivity index (χ2n) is 21.6. The van der Waals surface area contributed by atoms with Gasteiger partial charge in [0.2, 0.25) is 0 Å². The number of hydrogen-bond donors (Lipinski definition) is 0. The third-order valence-electron chi connectivity index (χ3n) is 17.2. The summed E-state index contributed by atoms with van der Waals surface area (Å²) in [5, 5.41) is 4.95. The number of para-hydroxylation sites is 2. The van der Waals surface area contributed by atoms with Gasteiger partial charge < -0.3 is 9.13 Å². The van der Waals surface area contributed by atoms with Crippen molar-refractivity contribution in [2.24, 2.45) is 0 Å². The second-order valence-corrected chi connectivity index (χ2v) is 21.6. The Morgan fingerprint density at radius 1 is 0.198 bits per heavy atom. The van der Waals surface area contributed by atoms with E-state index in [9.17, 15) is 0 Å². The van der Waals surface area contributed by atoms with Gasteiger partial charge in [0.15, 0.2) is 0 Å². The van der Waals surface area contributed by atoms with Crippen molar-refractivity contribution in [1.29, 1.82) is 0 Å². The zero-order chi connectivity index (χ0) is 53.4. The first-order valence-electron chi connectivity index (χ1n) is 28.1. The van der Waals surface area contributed by atoms with Gasteiger partial charge in [0.25, 0.3) is 0 Å². The minimum atomic E-state index is -0.516. The largest absolute Gasteiger partial charge is 0.309 e. The Morgan fingerprint density at radius 3 is 1.07 bits per heavy atom. The molecule has 378 valence electrons. The summed E-state index contributed by atoms with van der Waals surface area (Å²) < 4.78 is 4.83. The molecule has 1 aliphatic rings. The van der Waals surface area contributed by atoms with E-state index in [0.717, 1.165) is 11.4 Å². The number of hydrogen-bond acceptors (Lipinski definition) is 0. The molecule has 0 bridgehead atoms. The summed E-state index contributed by atoms with van der Waals surface area (Å²) in [6.45, 7) is 0. The molecule has 2 aromatic heterocycles. The van der Waals surface area contributed by atoms with Crippen molar-refractivity contribution in [3.8, 4) is 78.1 Å². The zero-order valence-corrected chi connectivity index (χ0v) is 44.4. The molecule has 0 fully saturated rings. The first kappa shape index (κ1) is 46.5. The summed E-state index contributed by atoms with van der Waals surface area (Å²) in [5.41, 5.74) is 26.2. The zero-order valence-electron chi connectivity index (χ0n) is 44.4. The lowest BCUT2D eigenvalue weighted by molar-refractivity contribution is 0.769. The van der Waals surface area contributed by atoms with Crippen molar-refractivity contribution in [1.82, 2.24) is 9.13 Å². The van der Waals surface area contributed by atoms with Gasteiger partial charge in [0, 0.05) is 32.9 Å². The SMILES string of the molecule is c1ccc(-c2ccc(-n3c4ccccc4c4cc(-c5ccc6c(c5)c5ccccc5n6-c5cccc(-c6ccc(-c7cccc(C8(c9cccc(-c%10ccccc%10)c9)c9ccccc9-c9ccccc98)c7)cc6)c5)ccc43)cc2)cc1. The van der Waals surface area contributed by atoms with Crippen molar-refractivity contribution >= 4 is 43.6 Å². The van der Waals surface area contributed by atoms with Crippen molar-refractivity contribution in [2.45, 2.75) is 5.41 Å². The Hall–Kier alpha value is -10.5. The van der Waals surface area contributed by atoms with Crippen molar-refractivity contribution in [3.05, 3.63) is 338 Å². The fraction of sp³-hybridized carbons (Fsp3) is 0.0127. The summed E-state index contributed by atoms with van der Waals surface area (Å²) in [6, 6.07) is 117. The maximum Gasteiger partial charge on any atom is 0.0713 e. The molecule has 2 nitrogen and oxygen atoms in total. The predicted octanol–water partition coefficient (Wildman–Crippen LogP) is 20.6. The summed E-state index contributed by atoms with van der Waals surface area (Å²) in [4.78, 5) is 0. The number of nitrogens with zero attached hydrogens (tertiary/aromatic N) is 2. The van der Waals surface area contributed by atoms with Gasteiger partial charge in [-0.2, -0.15) is 0 Å². The van der Waals surface area contributed by atoms with E-state index in [1.54, 1.807) is 0 Å². The van der Waals surface area contributed by atoms with Gasteiger partial charge in [-0.1, -0.05) is 243 Å². The van der Waals surface area contributed by atoms with Gasteiger partial charge in [-0.3, -0.25) is 0 Å². The van der Waals surface area contributed by atoms with E-state index in [1.165, 1.54) is 133 Å². The van der Waals surface area contributed by atoms with Gasteiger partial charge in [-0.05, 0) is 162 Å². The number of rotatable bonds is 9. The molecule has 2 heteroatoms. The van der Waals surface area contributed by atoms with E-state index in [1.807, 2.05) is 0 Å². The first-order chi connectivity index (χ1) is 40.2. The van der Waals surface area contributed by atoms with Crippen LogP contribution >= 0.6 is 0 Å². The molecular weight excluding hydrogens is 977 g/mol. The maximum absolute atomic E-state index is 2.43. The van der Waals surface area contributed by atoms with Gasteiger partial charge in [-0.25, -0.2) is 0 Å². The molecule has 0 N–H and O–H groups in total. The summed E-state index contributed by atoms with van der Waals surface area (Å²) in [5.74, 6) is 0. The van der Waals surface area contributed by atoms with Crippen LogP contribution in [0.3, 0.4) is 0 Å². The molecule has 16 rings (SSSR count). The predicted molar refractivity (Wildman–Crippen MR) is 340 cm³/mol. The summed E-state index contributed by atoms with van der Waals surface area (Å²) >= 11 is 0. The topological polar surface area (TPSA) is 9.86 Å². The van der Waals surface area contributed by atoms with E-state index < -0.39 is 5.41 Å². The van der Waals surface area contributed by atoms with Crippen LogP contribution in [0.1, 0.15) is 22.3 Å². The maximum atomic E-state index is 2.43. The molecule has 13 aromatic carbocycles. The van der Waals surface area contributed by atoms with Crippen LogP contribution in [-0.4, -0.2) is 9.13 Å². The third kappa shape index (κ3) is 7.49. The molecule has 0 amide bonds. The molecule has 2 heterocycles. The fourth-order valence-electron chi connectivity index (χ4n) is 13.5. The van der Waals surface area contributed by atoms with Gasteiger partial charge in [0.1, 0.15) is 0 Å². The molecule has 81 heavy (non-hydrogen) atoms. The molecule has 1 aliphatic carbocycles. The number of fused-ring (bicyclic) bond motifs is 9. The number of benzene rings is 13. The fourth-order valence-corrected chi connectivity index (χ4v) is 13.5. The van der Waals surface area contributed by atoms with E-state index in [2.05, 4.69) is 325 Å². The Balaban J connectivity index is 0.740. The van der Waals surface area contributed by atoms with E-state index in [0.29, 0.717) is 0 Å².